The molecule has 0 saturated carbocycles. The van der Waals surface area contributed by atoms with E-state index in [0.29, 0.717) is 30.4 Å². The molecule has 4 nitrogen and oxygen atoms in total. The molecule has 1 aromatic carbocycles. The maximum absolute atomic E-state index is 13.7. The van der Waals surface area contributed by atoms with E-state index in [1.165, 1.54) is 12.1 Å². The number of rotatable bonds is 6. The number of nitrogens with two attached hydrogens (primary N) is 1. The van der Waals surface area contributed by atoms with Crippen molar-refractivity contribution in [1.82, 2.24) is 0 Å². The maximum Gasteiger partial charge on any atom is 0.341 e. The molecule has 19 heavy (non-hydrogen) atoms. The summed E-state index contributed by atoms with van der Waals surface area (Å²) in [5.74, 6) is -0.895. The lowest BCUT2D eigenvalue weighted by Crippen LogP contribution is -2.14. The third-order valence-corrected chi connectivity index (χ3v) is 2.41. The Kier molecular flexibility index (Phi) is 5.76. The molecule has 0 aliphatic heterocycles. The summed E-state index contributed by atoms with van der Waals surface area (Å²) in [4.78, 5) is 11.7. The molecule has 0 spiro atoms. The minimum atomic E-state index is -0.721. The van der Waals surface area contributed by atoms with Crippen LogP contribution in [0.2, 0.25) is 0 Å². The average molecular weight is 269 g/mol. The van der Waals surface area contributed by atoms with Crippen LogP contribution in [0.4, 0.5) is 10.1 Å². The van der Waals surface area contributed by atoms with Crippen LogP contribution >= 0.6 is 0 Å². The molecule has 0 saturated heterocycles. The van der Waals surface area contributed by atoms with Gasteiger partial charge in [0.05, 0.1) is 12.2 Å². The fourth-order valence-electron chi connectivity index (χ4n) is 1.54. The first-order valence-electron chi connectivity index (χ1n) is 6.22. The standard InChI is InChI=1S/C14H20FNO3/c1-9(2)8-18-4-5-19-14(17)12-7-11(16)6-10(3)13(12)15/h6-7,9H,4-5,8,16H2,1-3H3. The van der Waals surface area contributed by atoms with Gasteiger partial charge in [-0.3, -0.25) is 0 Å². The van der Waals surface area contributed by atoms with Gasteiger partial charge >= 0.3 is 5.97 Å². The Balaban J connectivity index is 2.50. The lowest BCUT2D eigenvalue weighted by molar-refractivity contribution is 0.0273. The Hall–Kier alpha value is -1.62. The molecule has 106 valence electrons. The highest BCUT2D eigenvalue weighted by atomic mass is 19.1. The van der Waals surface area contributed by atoms with E-state index in [1.54, 1.807) is 6.92 Å². The second kappa shape index (κ2) is 7.09. The Bertz CT molecular complexity index is 447. The summed E-state index contributed by atoms with van der Waals surface area (Å²) in [5, 5.41) is 0. The van der Waals surface area contributed by atoms with Gasteiger partial charge in [0, 0.05) is 12.3 Å². The third-order valence-electron chi connectivity index (χ3n) is 2.41. The summed E-state index contributed by atoms with van der Waals surface area (Å²) < 4.78 is 23.9. The van der Waals surface area contributed by atoms with Crippen LogP contribution in [0.5, 0.6) is 0 Å². The van der Waals surface area contributed by atoms with Crippen molar-refractivity contribution in [3.63, 3.8) is 0 Å². The van der Waals surface area contributed by atoms with Crippen LogP contribution < -0.4 is 5.73 Å². The first-order chi connectivity index (χ1) is 8.91. The first-order valence-corrected chi connectivity index (χ1v) is 6.22. The number of carbonyl (C=O) groups is 1. The molecule has 0 heterocycles. The van der Waals surface area contributed by atoms with Crippen molar-refractivity contribution >= 4 is 11.7 Å². The van der Waals surface area contributed by atoms with Crippen LogP contribution in [0, 0.1) is 18.7 Å². The fraction of sp³-hybridized carbons (Fsp3) is 0.500. The number of ether oxygens (including phenoxy) is 2. The topological polar surface area (TPSA) is 61.6 Å². The zero-order valence-electron chi connectivity index (χ0n) is 11.5. The SMILES string of the molecule is Cc1cc(N)cc(C(=O)OCCOCC(C)C)c1F. The normalized spacial score (nSPS) is 10.8. The number of halogens is 1. The van der Waals surface area contributed by atoms with E-state index in [9.17, 15) is 9.18 Å². The average Bonchev–Trinajstić information content (AvgIpc) is 2.32. The molecule has 0 unspecified atom stereocenters. The lowest BCUT2D eigenvalue weighted by atomic mass is 10.1. The Morgan fingerprint density at radius 3 is 2.68 bits per heavy atom. The number of aryl methyl sites for hydroxylation is 1. The van der Waals surface area contributed by atoms with Crippen LogP contribution in [0.15, 0.2) is 12.1 Å². The van der Waals surface area contributed by atoms with Gasteiger partial charge < -0.3 is 15.2 Å². The molecular weight excluding hydrogens is 249 g/mol. The smallest absolute Gasteiger partial charge is 0.341 e. The Morgan fingerprint density at radius 2 is 2.05 bits per heavy atom. The van der Waals surface area contributed by atoms with Crippen molar-refractivity contribution < 1.29 is 18.7 Å². The summed E-state index contributed by atoms with van der Waals surface area (Å²) in [6.07, 6.45) is 0. The van der Waals surface area contributed by atoms with Gasteiger partial charge in [-0.2, -0.15) is 0 Å². The van der Waals surface area contributed by atoms with E-state index < -0.39 is 11.8 Å². The third kappa shape index (κ3) is 4.87. The van der Waals surface area contributed by atoms with E-state index >= 15 is 0 Å². The highest BCUT2D eigenvalue weighted by Gasteiger charge is 2.15. The van der Waals surface area contributed by atoms with Crippen molar-refractivity contribution in [2.75, 3.05) is 25.6 Å². The molecular formula is C14H20FNO3. The minimum absolute atomic E-state index is 0.0961. The number of hydrogen-bond donors (Lipinski definition) is 1. The number of anilines is 1. The number of nitrogen functional groups attached to an aromatic ring is 1. The highest BCUT2D eigenvalue weighted by Crippen LogP contribution is 2.17. The molecule has 0 bridgehead atoms. The number of carbonyl (C=O) groups excluding carboxylic acids is 1. The van der Waals surface area contributed by atoms with Gasteiger partial charge in [0.1, 0.15) is 12.4 Å². The molecule has 0 amide bonds. The van der Waals surface area contributed by atoms with Gasteiger partial charge in [-0.25, -0.2) is 9.18 Å². The van der Waals surface area contributed by atoms with E-state index in [-0.39, 0.29) is 12.2 Å². The summed E-state index contributed by atoms with van der Waals surface area (Å²) in [6, 6.07) is 2.75. The highest BCUT2D eigenvalue weighted by molar-refractivity contribution is 5.91. The molecule has 0 aliphatic rings. The summed E-state index contributed by atoms with van der Waals surface area (Å²) >= 11 is 0. The molecule has 0 aliphatic carbocycles. The second-order valence-electron chi connectivity index (χ2n) is 4.80. The molecule has 0 aromatic heterocycles. The minimum Gasteiger partial charge on any atom is -0.460 e. The quantitative estimate of drug-likeness (QED) is 0.490. The van der Waals surface area contributed by atoms with Crippen LogP contribution in [-0.2, 0) is 9.47 Å². The zero-order valence-corrected chi connectivity index (χ0v) is 11.5. The predicted octanol–water partition coefficient (Wildman–Crippen LogP) is 2.55. The fourth-order valence-corrected chi connectivity index (χ4v) is 1.54. The molecule has 5 heteroatoms. The van der Waals surface area contributed by atoms with Crippen LogP contribution in [0.3, 0.4) is 0 Å². The summed E-state index contributed by atoms with van der Waals surface area (Å²) in [7, 11) is 0. The molecule has 1 aromatic rings. The van der Waals surface area contributed by atoms with E-state index in [2.05, 4.69) is 0 Å². The van der Waals surface area contributed by atoms with Crippen molar-refractivity contribution in [3.05, 3.63) is 29.1 Å². The largest absolute Gasteiger partial charge is 0.460 e. The molecule has 2 N–H and O–H groups in total. The van der Waals surface area contributed by atoms with E-state index in [1.807, 2.05) is 13.8 Å². The van der Waals surface area contributed by atoms with Gasteiger partial charge in [-0.05, 0) is 30.5 Å². The maximum atomic E-state index is 13.7. The Labute approximate surface area is 112 Å². The molecule has 0 atom stereocenters. The van der Waals surface area contributed by atoms with Crippen molar-refractivity contribution in [1.29, 1.82) is 0 Å². The van der Waals surface area contributed by atoms with Crippen molar-refractivity contribution in [3.8, 4) is 0 Å². The van der Waals surface area contributed by atoms with Gasteiger partial charge in [-0.15, -0.1) is 0 Å². The number of benzene rings is 1. The van der Waals surface area contributed by atoms with Crippen molar-refractivity contribution in [2.24, 2.45) is 5.92 Å². The molecule has 1 rings (SSSR count). The number of esters is 1. The molecule has 0 radical (unpaired) electrons. The summed E-state index contributed by atoms with van der Waals surface area (Å²) in [5.41, 5.74) is 6.10. The lowest BCUT2D eigenvalue weighted by Gasteiger charge is -2.09. The van der Waals surface area contributed by atoms with Gasteiger partial charge in [-0.1, -0.05) is 13.8 Å². The van der Waals surface area contributed by atoms with Gasteiger partial charge in [0.15, 0.2) is 0 Å². The number of hydrogen-bond acceptors (Lipinski definition) is 4. The monoisotopic (exact) mass is 269 g/mol. The second-order valence-corrected chi connectivity index (χ2v) is 4.80. The van der Waals surface area contributed by atoms with E-state index in [0.717, 1.165) is 0 Å². The summed E-state index contributed by atoms with van der Waals surface area (Å²) in [6.45, 7) is 6.59. The zero-order chi connectivity index (χ0) is 14.4. The van der Waals surface area contributed by atoms with Crippen LogP contribution in [0.25, 0.3) is 0 Å². The van der Waals surface area contributed by atoms with Gasteiger partial charge in [0.25, 0.3) is 0 Å². The predicted molar refractivity (Wildman–Crippen MR) is 71.5 cm³/mol. The van der Waals surface area contributed by atoms with E-state index in [4.69, 9.17) is 15.2 Å². The van der Waals surface area contributed by atoms with Crippen LogP contribution in [-0.4, -0.2) is 25.8 Å². The van der Waals surface area contributed by atoms with Crippen molar-refractivity contribution in [2.45, 2.75) is 20.8 Å². The van der Waals surface area contributed by atoms with Gasteiger partial charge in [0.2, 0.25) is 0 Å². The van der Waals surface area contributed by atoms with Crippen LogP contribution in [0.1, 0.15) is 29.8 Å². The molecule has 0 fully saturated rings. The first kappa shape index (κ1) is 15.4. The Morgan fingerprint density at radius 1 is 1.37 bits per heavy atom.